The number of ether oxygens (including phenoxy) is 1. The summed E-state index contributed by atoms with van der Waals surface area (Å²) in [7, 11) is 1.87. The number of anilines is 1. The Morgan fingerprint density at radius 1 is 1.21 bits per heavy atom. The number of halogens is 2. The monoisotopic (exact) mass is 467 g/mol. The average Bonchev–Trinajstić information content (AvgIpc) is 3.23. The summed E-state index contributed by atoms with van der Waals surface area (Å²) in [5, 5.41) is 4.54. The van der Waals surface area contributed by atoms with Crippen LogP contribution >= 0.6 is 11.6 Å². The van der Waals surface area contributed by atoms with E-state index in [2.05, 4.69) is 15.0 Å². The third-order valence-corrected chi connectivity index (χ3v) is 6.35. The van der Waals surface area contributed by atoms with Gasteiger partial charge in [0.25, 0.3) is 5.56 Å². The molecule has 1 atom stereocenters. The lowest BCUT2D eigenvalue weighted by Crippen LogP contribution is -2.38. The molecule has 0 N–H and O–H groups in total. The quantitative estimate of drug-likeness (QED) is 0.454. The molecule has 1 aromatic carbocycles. The van der Waals surface area contributed by atoms with Crippen LogP contribution in [0.1, 0.15) is 22.9 Å². The number of morpholine rings is 1. The molecule has 9 heteroatoms. The van der Waals surface area contributed by atoms with Crippen LogP contribution in [-0.4, -0.2) is 38.9 Å². The number of aromatic nitrogens is 4. The number of aryl methyl sites for hydroxylation is 2. The predicted octanol–water partition coefficient (Wildman–Crippen LogP) is 4.08. The molecule has 1 fully saturated rings. The normalized spacial score (nSPS) is 16.5. The number of rotatable bonds is 3. The molecule has 7 nitrogen and oxygen atoms in total. The molecule has 0 radical (unpaired) electrons. The molecule has 4 aromatic rings. The maximum Gasteiger partial charge on any atom is 0.261 e. The molecule has 3 aromatic heterocycles. The van der Waals surface area contributed by atoms with E-state index in [1.54, 1.807) is 36.9 Å². The summed E-state index contributed by atoms with van der Waals surface area (Å²) < 4.78 is 24.2. The van der Waals surface area contributed by atoms with Gasteiger partial charge < -0.3 is 9.64 Å². The lowest BCUT2D eigenvalue weighted by molar-refractivity contribution is 0.0397. The van der Waals surface area contributed by atoms with Gasteiger partial charge in [-0.1, -0.05) is 11.6 Å². The summed E-state index contributed by atoms with van der Waals surface area (Å²) in [6.07, 6.45) is 3.60. The number of hydrogen-bond acceptors (Lipinski definition) is 5. The summed E-state index contributed by atoms with van der Waals surface area (Å²) in [6.45, 7) is 5.32. The highest BCUT2D eigenvalue weighted by Gasteiger charge is 2.25. The van der Waals surface area contributed by atoms with E-state index in [1.165, 1.54) is 10.5 Å². The van der Waals surface area contributed by atoms with Gasteiger partial charge in [-0.05, 0) is 38.1 Å². The first-order valence-electron chi connectivity index (χ1n) is 10.7. The van der Waals surface area contributed by atoms with E-state index in [0.29, 0.717) is 47.3 Å². The van der Waals surface area contributed by atoms with Crippen molar-refractivity contribution in [1.29, 1.82) is 0 Å². The van der Waals surface area contributed by atoms with Crippen molar-refractivity contribution in [3.8, 4) is 11.3 Å². The fourth-order valence-electron chi connectivity index (χ4n) is 4.21. The molecule has 0 spiro atoms. The number of nitrogens with zero attached hydrogens (tertiary/aromatic N) is 5. The lowest BCUT2D eigenvalue weighted by Gasteiger charge is -2.34. The molecule has 1 saturated heterocycles. The van der Waals surface area contributed by atoms with E-state index in [-0.39, 0.29) is 17.2 Å². The van der Waals surface area contributed by atoms with Crippen LogP contribution < -0.4 is 10.5 Å². The zero-order valence-electron chi connectivity index (χ0n) is 18.5. The average molecular weight is 468 g/mol. The standard InChI is InChI=1S/C24H23ClFN5O2/c1-14-15(2)28-23-10-18(30-6-7-33-22(13-30)16-11-27-29(3)12-16)9-21(31(23)24(14)32)19-5-4-17(25)8-20(19)26/h4-5,8-12,22H,6-7,13H2,1-3H3/t22-/m1/s1. The second-order valence-electron chi connectivity index (χ2n) is 8.30. The lowest BCUT2D eigenvalue weighted by atomic mass is 10.1. The van der Waals surface area contributed by atoms with Crippen molar-refractivity contribution in [2.45, 2.75) is 20.0 Å². The molecule has 0 aliphatic carbocycles. The minimum absolute atomic E-state index is 0.144. The molecular weight excluding hydrogens is 445 g/mol. The van der Waals surface area contributed by atoms with E-state index < -0.39 is 5.82 Å². The van der Waals surface area contributed by atoms with Gasteiger partial charge >= 0.3 is 0 Å². The number of pyridine rings is 1. The summed E-state index contributed by atoms with van der Waals surface area (Å²) in [5.41, 5.74) is 3.98. The molecule has 170 valence electrons. The first-order chi connectivity index (χ1) is 15.8. The van der Waals surface area contributed by atoms with Crippen LogP contribution in [0, 0.1) is 19.7 Å². The highest BCUT2D eigenvalue weighted by atomic mass is 35.5. The second kappa shape index (κ2) is 8.28. The van der Waals surface area contributed by atoms with E-state index in [9.17, 15) is 9.18 Å². The van der Waals surface area contributed by atoms with Crippen LogP contribution in [0.15, 0.2) is 47.5 Å². The van der Waals surface area contributed by atoms with Gasteiger partial charge in [0, 0.05) is 65.5 Å². The molecule has 0 amide bonds. The smallest absolute Gasteiger partial charge is 0.261 e. The molecule has 0 saturated carbocycles. The molecular formula is C24H23ClFN5O2. The molecule has 33 heavy (non-hydrogen) atoms. The van der Waals surface area contributed by atoms with E-state index in [4.69, 9.17) is 16.3 Å². The number of fused-ring (bicyclic) bond motifs is 1. The third kappa shape index (κ3) is 3.89. The van der Waals surface area contributed by atoms with Gasteiger partial charge in [0.05, 0.1) is 18.5 Å². The summed E-state index contributed by atoms with van der Waals surface area (Å²) in [5.74, 6) is -0.499. The van der Waals surface area contributed by atoms with Crippen LogP contribution in [0.25, 0.3) is 16.9 Å². The van der Waals surface area contributed by atoms with Crippen molar-refractivity contribution < 1.29 is 9.13 Å². The van der Waals surface area contributed by atoms with Crippen molar-refractivity contribution in [2.75, 3.05) is 24.6 Å². The van der Waals surface area contributed by atoms with Crippen molar-refractivity contribution in [2.24, 2.45) is 7.05 Å². The van der Waals surface area contributed by atoms with E-state index >= 15 is 0 Å². The maximum atomic E-state index is 15.0. The Labute approximate surface area is 195 Å². The second-order valence-corrected chi connectivity index (χ2v) is 8.73. The first-order valence-corrected chi connectivity index (χ1v) is 11.0. The van der Waals surface area contributed by atoms with Crippen LogP contribution in [-0.2, 0) is 11.8 Å². The molecule has 1 aliphatic heterocycles. The third-order valence-electron chi connectivity index (χ3n) is 6.12. The molecule has 5 rings (SSSR count). The van der Waals surface area contributed by atoms with Crippen LogP contribution in [0.2, 0.25) is 5.02 Å². The number of hydrogen-bond donors (Lipinski definition) is 0. The van der Waals surface area contributed by atoms with Gasteiger partial charge in [-0.25, -0.2) is 9.37 Å². The molecule has 0 unspecified atom stereocenters. The van der Waals surface area contributed by atoms with Gasteiger partial charge in [0.15, 0.2) is 0 Å². The van der Waals surface area contributed by atoms with Gasteiger partial charge in [-0.15, -0.1) is 0 Å². The summed E-state index contributed by atoms with van der Waals surface area (Å²) >= 11 is 5.98. The van der Waals surface area contributed by atoms with Crippen LogP contribution in [0.5, 0.6) is 0 Å². The molecule has 1 aliphatic rings. The Balaban J connectivity index is 1.67. The minimum atomic E-state index is -0.499. The highest BCUT2D eigenvalue weighted by Crippen LogP contribution is 2.32. The van der Waals surface area contributed by atoms with Crippen LogP contribution in [0.4, 0.5) is 10.1 Å². The van der Waals surface area contributed by atoms with Gasteiger partial charge in [-0.3, -0.25) is 13.9 Å². The van der Waals surface area contributed by atoms with Crippen molar-refractivity contribution in [3.05, 3.63) is 80.7 Å². The molecule has 4 heterocycles. The van der Waals surface area contributed by atoms with Gasteiger partial charge in [0.2, 0.25) is 0 Å². The zero-order chi connectivity index (χ0) is 23.3. The Morgan fingerprint density at radius 2 is 2.03 bits per heavy atom. The van der Waals surface area contributed by atoms with Crippen molar-refractivity contribution in [1.82, 2.24) is 19.2 Å². The SMILES string of the molecule is Cc1nc2cc(N3CCO[C@@H](c4cnn(C)c4)C3)cc(-c3ccc(Cl)cc3F)n2c(=O)c1C. The molecule has 0 bridgehead atoms. The Morgan fingerprint density at radius 3 is 2.76 bits per heavy atom. The fourth-order valence-corrected chi connectivity index (χ4v) is 4.37. The zero-order valence-corrected chi connectivity index (χ0v) is 19.3. The Bertz CT molecular complexity index is 1430. The Kier molecular flexibility index (Phi) is 5.42. The Hall–Kier alpha value is -3.23. The van der Waals surface area contributed by atoms with E-state index in [0.717, 1.165) is 11.3 Å². The van der Waals surface area contributed by atoms with Crippen molar-refractivity contribution >= 4 is 22.9 Å². The first kappa shape index (κ1) is 21.6. The maximum absolute atomic E-state index is 15.0. The highest BCUT2D eigenvalue weighted by molar-refractivity contribution is 6.30. The fraction of sp³-hybridized carbons (Fsp3) is 0.292. The van der Waals surface area contributed by atoms with Crippen LogP contribution in [0.3, 0.4) is 0 Å². The summed E-state index contributed by atoms with van der Waals surface area (Å²) in [6, 6.07) is 8.17. The topological polar surface area (TPSA) is 64.7 Å². The predicted molar refractivity (Wildman–Crippen MR) is 125 cm³/mol. The van der Waals surface area contributed by atoms with Gasteiger partial charge in [-0.2, -0.15) is 5.10 Å². The van der Waals surface area contributed by atoms with Gasteiger partial charge in [0.1, 0.15) is 17.6 Å². The van der Waals surface area contributed by atoms with E-state index in [1.807, 2.05) is 25.4 Å². The number of benzene rings is 1. The minimum Gasteiger partial charge on any atom is -0.370 e. The largest absolute Gasteiger partial charge is 0.370 e. The van der Waals surface area contributed by atoms with Crippen molar-refractivity contribution in [3.63, 3.8) is 0 Å². The summed E-state index contributed by atoms with van der Waals surface area (Å²) in [4.78, 5) is 20.0.